The molecule has 0 bridgehead atoms. The number of nitrogens with zero attached hydrogens (tertiary/aromatic N) is 1. The van der Waals surface area contributed by atoms with E-state index < -0.39 is 0 Å². The fourth-order valence-corrected chi connectivity index (χ4v) is 5.10. The van der Waals surface area contributed by atoms with Gasteiger partial charge in [0.15, 0.2) is 22.4 Å². The number of rotatable bonds is 7. The van der Waals surface area contributed by atoms with E-state index in [0.29, 0.717) is 20.7 Å². The maximum Gasteiger partial charge on any atom is 0.270 e. The number of benzene rings is 3. The third kappa shape index (κ3) is 5.61. The van der Waals surface area contributed by atoms with Gasteiger partial charge in [-0.3, -0.25) is 14.5 Å². The first-order valence-corrected chi connectivity index (χ1v) is 12.5. The van der Waals surface area contributed by atoms with Crippen molar-refractivity contribution in [1.82, 2.24) is 0 Å². The zero-order chi connectivity index (χ0) is 25.8. The van der Waals surface area contributed by atoms with E-state index in [1.165, 1.54) is 18.9 Å². The first kappa shape index (κ1) is 25.5. The molecule has 0 spiro atoms. The molecular weight excluding hydrogens is 492 g/mol. The van der Waals surface area contributed by atoms with Gasteiger partial charge in [-0.05, 0) is 67.8 Å². The van der Waals surface area contributed by atoms with Crippen molar-refractivity contribution in [3.8, 4) is 11.5 Å². The van der Waals surface area contributed by atoms with E-state index in [9.17, 15) is 9.59 Å². The molecule has 6 nitrogen and oxygen atoms in total. The Kier molecular flexibility index (Phi) is 7.76. The van der Waals surface area contributed by atoms with E-state index in [2.05, 4.69) is 5.32 Å². The second-order valence-electron chi connectivity index (χ2n) is 8.37. The van der Waals surface area contributed by atoms with Gasteiger partial charge in [0.05, 0.1) is 17.7 Å². The highest BCUT2D eigenvalue weighted by Gasteiger charge is 2.34. The van der Waals surface area contributed by atoms with Gasteiger partial charge in [-0.1, -0.05) is 65.9 Å². The molecule has 0 unspecified atom stereocenters. The molecule has 8 heteroatoms. The number of methoxy groups -OCH3 is 1. The molecule has 1 aliphatic rings. The van der Waals surface area contributed by atoms with Gasteiger partial charge in [-0.2, -0.15) is 0 Å². The number of amides is 2. The molecule has 1 heterocycles. The normalized spacial score (nSPS) is 14.3. The lowest BCUT2D eigenvalue weighted by Crippen LogP contribution is -2.28. The molecule has 0 aliphatic carbocycles. The van der Waals surface area contributed by atoms with Crippen LogP contribution in [-0.4, -0.2) is 29.9 Å². The Hall–Kier alpha value is -3.62. The number of hydrogen-bond donors (Lipinski definition) is 1. The van der Waals surface area contributed by atoms with E-state index in [-0.39, 0.29) is 18.4 Å². The number of aryl methyl sites for hydroxylation is 3. The molecule has 0 radical (unpaired) electrons. The summed E-state index contributed by atoms with van der Waals surface area (Å²) in [5, 5.41) is 2.86. The minimum absolute atomic E-state index is 0.165. The smallest absolute Gasteiger partial charge is 0.270 e. The summed E-state index contributed by atoms with van der Waals surface area (Å²) >= 11 is 6.75. The second kappa shape index (κ2) is 11.0. The van der Waals surface area contributed by atoms with Crippen LogP contribution < -0.4 is 19.7 Å². The fourth-order valence-electron chi connectivity index (χ4n) is 3.82. The Labute approximate surface area is 220 Å². The highest BCUT2D eigenvalue weighted by Crippen LogP contribution is 2.38. The molecule has 2 amide bonds. The van der Waals surface area contributed by atoms with Crippen LogP contribution in [0, 0.1) is 20.8 Å². The number of thiocarbonyl (C=S) groups is 1. The quantitative estimate of drug-likeness (QED) is 0.304. The Morgan fingerprint density at radius 3 is 2.53 bits per heavy atom. The van der Waals surface area contributed by atoms with Crippen LogP contribution in [0.15, 0.2) is 65.6 Å². The number of ether oxygens (including phenoxy) is 2. The van der Waals surface area contributed by atoms with Crippen LogP contribution in [0.2, 0.25) is 0 Å². The summed E-state index contributed by atoms with van der Waals surface area (Å²) in [5.41, 5.74) is 5.37. The van der Waals surface area contributed by atoms with Crippen LogP contribution in [0.3, 0.4) is 0 Å². The van der Waals surface area contributed by atoms with Crippen molar-refractivity contribution in [2.75, 3.05) is 23.9 Å². The van der Waals surface area contributed by atoms with E-state index in [1.807, 2.05) is 63.2 Å². The molecule has 1 saturated heterocycles. The summed E-state index contributed by atoms with van der Waals surface area (Å²) in [5.74, 6) is 0.449. The molecule has 1 fully saturated rings. The van der Waals surface area contributed by atoms with Crippen LogP contribution >= 0.6 is 24.0 Å². The van der Waals surface area contributed by atoms with Crippen LogP contribution in [0.25, 0.3) is 6.08 Å². The fraction of sp³-hybridized carbons (Fsp3) is 0.179. The van der Waals surface area contributed by atoms with Crippen molar-refractivity contribution < 1.29 is 19.1 Å². The molecule has 1 aliphatic heterocycles. The molecule has 184 valence electrons. The molecule has 3 aromatic carbocycles. The van der Waals surface area contributed by atoms with Crippen LogP contribution in [0.1, 0.15) is 22.3 Å². The average molecular weight is 519 g/mol. The number of hydrogen-bond acceptors (Lipinski definition) is 6. The highest BCUT2D eigenvalue weighted by atomic mass is 32.2. The lowest BCUT2D eigenvalue weighted by molar-refractivity contribution is -0.118. The summed E-state index contributed by atoms with van der Waals surface area (Å²) in [6.07, 6.45) is 1.77. The summed E-state index contributed by atoms with van der Waals surface area (Å²) in [7, 11) is 1.53. The van der Waals surface area contributed by atoms with Gasteiger partial charge in [0.1, 0.15) is 0 Å². The van der Waals surface area contributed by atoms with Crippen LogP contribution in [0.4, 0.5) is 11.4 Å². The average Bonchev–Trinajstić information content (AvgIpc) is 3.12. The predicted octanol–water partition coefficient (Wildman–Crippen LogP) is 6.04. The van der Waals surface area contributed by atoms with Gasteiger partial charge in [-0.25, -0.2) is 0 Å². The number of carbonyl (C=O) groups is 2. The van der Waals surface area contributed by atoms with Gasteiger partial charge in [0.25, 0.3) is 11.8 Å². The Balaban J connectivity index is 1.46. The standard InChI is InChI=1S/C28H26N2O4S2/c1-17-9-11-21(19(3)13-17)29-26(31)16-34-23-12-10-20(14-24(23)33-4)15-25-27(32)30(28(35)36-25)22-8-6-5-7-18(22)2/h5-15H,16H2,1-4H3,(H,29,31)/b25-15-. The van der Waals surface area contributed by atoms with E-state index in [1.54, 1.807) is 29.2 Å². The van der Waals surface area contributed by atoms with Gasteiger partial charge in [0.2, 0.25) is 0 Å². The first-order valence-electron chi connectivity index (χ1n) is 11.3. The molecule has 4 rings (SSSR count). The Morgan fingerprint density at radius 1 is 1.03 bits per heavy atom. The SMILES string of the molecule is COc1cc(/C=C2\SC(=S)N(c3ccccc3C)C2=O)ccc1OCC(=O)Nc1ccc(C)cc1C. The minimum atomic E-state index is -0.270. The summed E-state index contributed by atoms with van der Waals surface area (Å²) in [4.78, 5) is 27.6. The summed E-state index contributed by atoms with van der Waals surface area (Å²) in [6, 6.07) is 18.8. The molecule has 1 N–H and O–H groups in total. The number of anilines is 2. The monoisotopic (exact) mass is 518 g/mol. The Morgan fingerprint density at radius 2 is 1.81 bits per heavy atom. The molecular formula is C28H26N2O4S2. The van der Waals surface area contributed by atoms with Crippen molar-refractivity contribution in [3.63, 3.8) is 0 Å². The highest BCUT2D eigenvalue weighted by molar-refractivity contribution is 8.27. The zero-order valence-corrected chi connectivity index (χ0v) is 22.1. The third-order valence-corrected chi connectivity index (χ3v) is 6.95. The van der Waals surface area contributed by atoms with E-state index >= 15 is 0 Å². The lowest BCUT2D eigenvalue weighted by Gasteiger charge is -2.16. The third-order valence-electron chi connectivity index (χ3n) is 5.65. The number of thioether (sulfide) groups is 1. The van der Waals surface area contributed by atoms with Gasteiger partial charge < -0.3 is 14.8 Å². The maximum atomic E-state index is 13.1. The minimum Gasteiger partial charge on any atom is -0.493 e. The largest absolute Gasteiger partial charge is 0.493 e. The van der Waals surface area contributed by atoms with E-state index in [4.69, 9.17) is 21.7 Å². The van der Waals surface area contributed by atoms with Crippen molar-refractivity contribution in [1.29, 1.82) is 0 Å². The number of nitrogens with one attached hydrogen (secondary N) is 1. The lowest BCUT2D eigenvalue weighted by atomic mass is 10.1. The van der Waals surface area contributed by atoms with Gasteiger partial charge >= 0.3 is 0 Å². The maximum absolute atomic E-state index is 13.1. The first-order chi connectivity index (χ1) is 17.3. The Bertz CT molecular complexity index is 1380. The molecule has 36 heavy (non-hydrogen) atoms. The summed E-state index contributed by atoms with van der Waals surface area (Å²) in [6.45, 7) is 5.73. The van der Waals surface area contributed by atoms with Gasteiger partial charge in [0, 0.05) is 5.69 Å². The van der Waals surface area contributed by atoms with Gasteiger partial charge in [-0.15, -0.1) is 0 Å². The predicted molar refractivity (Wildman–Crippen MR) is 150 cm³/mol. The topological polar surface area (TPSA) is 67.9 Å². The molecule has 0 saturated carbocycles. The number of carbonyl (C=O) groups excluding carboxylic acids is 2. The van der Waals surface area contributed by atoms with Crippen molar-refractivity contribution >= 4 is 57.6 Å². The van der Waals surface area contributed by atoms with Crippen molar-refractivity contribution in [2.45, 2.75) is 20.8 Å². The summed E-state index contributed by atoms with van der Waals surface area (Å²) < 4.78 is 11.7. The molecule has 3 aromatic rings. The second-order valence-corrected chi connectivity index (χ2v) is 10.0. The molecule has 0 aromatic heterocycles. The zero-order valence-electron chi connectivity index (χ0n) is 20.5. The molecule has 0 atom stereocenters. The van der Waals surface area contributed by atoms with Crippen LogP contribution in [-0.2, 0) is 9.59 Å². The van der Waals surface area contributed by atoms with Crippen LogP contribution in [0.5, 0.6) is 11.5 Å². The van der Waals surface area contributed by atoms with Crippen molar-refractivity contribution in [3.05, 3.63) is 87.8 Å². The van der Waals surface area contributed by atoms with E-state index in [0.717, 1.165) is 33.6 Å². The van der Waals surface area contributed by atoms with Crippen molar-refractivity contribution in [2.24, 2.45) is 0 Å². The number of para-hydroxylation sites is 1.